The van der Waals surface area contributed by atoms with Gasteiger partial charge in [0.15, 0.2) is 7.85 Å². The van der Waals surface area contributed by atoms with Gasteiger partial charge in [0.25, 0.3) is 0 Å². The minimum atomic E-state index is 0.0963. The Morgan fingerprint density at radius 1 is 1.33 bits per heavy atom. The van der Waals surface area contributed by atoms with Crippen molar-refractivity contribution in [2.45, 2.75) is 51.9 Å². The summed E-state index contributed by atoms with van der Waals surface area (Å²) in [5, 5.41) is 0. The summed E-state index contributed by atoms with van der Waals surface area (Å²) in [7, 11) is 2.01. The third-order valence-corrected chi connectivity index (χ3v) is 5.30. The van der Waals surface area contributed by atoms with Gasteiger partial charge in [-0.2, -0.15) is 0 Å². The van der Waals surface area contributed by atoms with E-state index in [4.69, 9.17) is 4.74 Å². The number of ketones is 1. The van der Waals surface area contributed by atoms with Crippen LogP contribution < -0.4 is 10.3 Å². The minimum Gasteiger partial charge on any atom is -0.477 e. The predicted molar refractivity (Wildman–Crippen MR) is 99.0 cm³/mol. The van der Waals surface area contributed by atoms with E-state index in [1.807, 2.05) is 7.85 Å². The van der Waals surface area contributed by atoms with Crippen molar-refractivity contribution >= 4 is 19.2 Å². The summed E-state index contributed by atoms with van der Waals surface area (Å²) in [5.41, 5.74) is 2.54. The van der Waals surface area contributed by atoms with Gasteiger partial charge in [0, 0.05) is 30.4 Å². The van der Waals surface area contributed by atoms with Gasteiger partial charge in [-0.1, -0.05) is 32.9 Å². The lowest BCUT2D eigenvalue weighted by Crippen LogP contribution is -2.44. The van der Waals surface area contributed by atoms with Gasteiger partial charge in [0.05, 0.1) is 6.61 Å². The summed E-state index contributed by atoms with van der Waals surface area (Å²) in [6.07, 6.45) is 3.55. The molecule has 0 bridgehead atoms. The summed E-state index contributed by atoms with van der Waals surface area (Å²) in [5.74, 6) is 1.22. The highest BCUT2D eigenvalue weighted by Gasteiger charge is 2.43. The Bertz CT molecular complexity index is 616. The van der Waals surface area contributed by atoms with Crippen LogP contribution in [-0.4, -0.2) is 49.8 Å². The lowest BCUT2D eigenvalue weighted by Gasteiger charge is -2.38. The number of carbonyl (C=O) groups is 1. The van der Waals surface area contributed by atoms with Crippen LogP contribution in [0.4, 0.5) is 0 Å². The van der Waals surface area contributed by atoms with Crippen LogP contribution in [0.15, 0.2) is 12.1 Å². The highest BCUT2D eigenvalue weighted by Crippen LogP contribution is 2.44. The van der Waals surface area contributed by atoms with Gasteiger partial charge >= 0.3 is 0 Å². The van der Waals surface area contributed by atoms with Crippen LogP contribution in [-0.2, 0) is 10.2 Å². The molecule has 1 spiro atoms. The zero-order chi connectivity index (χ0) is 17.4. The maximum absolute atomic E-state index is 12.1. The molecule has 0 radical (unpaired) electrons. The first-order valence-electron chi connectivity index (χ1n) is 9.12. The molecule has 1 fully saturated rings. The molecular formula is C19H29BN2O2. The molecule has 3 heterocycles. The second-order valence-electron chi connectivity index (χ2n) is 8.74. The Hall–Kier alpha value is -1.36. The van der Waals surface area contributed by atoms with Crippen molar-refractivity contribution in [3.8, 4) is 5.88 Å². The number of piperidine rings is 1. The van der Waals surface area contributed by atoms with Crippen molar-refractivity contribution in [2.75, 3.05) is 26.2 Å². The second-order valence-corrected chi connectivity index (χ2v) is 8.74. The van der Waals surface area contributed by atoms with Gasteiger partial charge in [0.2, 0.25) is 5.88 Å². The molecule has 2 aliphatic rings. The number of pyridine rings is 1. The number of hydrogen-bond donors (Lipinski definition) is 0. The molecule has 1 aromatic rings. The van der Waals surface area contributed by atoms with E-state index in [1.165, 1.54) is 5.56 Å². The van der Waals surface area contributed by atoms with E-state index in [0.29, 0.717) is 18.6 Å². The molecule has 0 aromatic carbocycles. The van der Waals surface area contributed by atoms with Gasteiger partial charge in [0.1, 0.15) is 5.78 Å². The Kier molecular flexibility index (Phi) is 4.74. The van der Waals surface area contributed by atoms with Gasteiger partial charge in [-0.25, -0.2) is 4.98 Å². The van der Waals surface area contributed by atoms with Gasteiger partial charge in [-0.15, -0.1) is 0 Å². The largest absolute Gasteiger partial charge is 0.477 e. The predicted octanol–water partition coefficient (Wildman–Crippen LogP) is 1.46. The van der Waals surface area contributed by atoms with Gasteiger partial charge in [-0.3, -0.25) is 4.79 Å². The number of ether oxygens (including phenoxy) is 1. The number of rotatable bonds is 4. The molecule has 1 aromatic heterocycles. The Morgan fingerprint density at radius 3 is 2.71 bits per heavy atom. The lowest BCUT2D eigenvalue weighted by molar-refractivity contribution is -0.121. The normalized spacial score (nSPS) is 20.0. The van der Waals surface area contributed by atoms with E-state index < -0.39 is 0 Å². The van der Waals surface area contributed by atoms with Gasteiger partial charge in [-0.05, 0) is 36.9 Å². The molecule has 130 valence electrons. The molecule has 0 amide bonds. The first-order chi connectivity index (χ1) is 11.3. The maximum Gasteiger partial charge on any atom is 0.216 e. The van der Waals surface area contributed by atoms with Crippen LogP contribution in [0.1, 0.15) is 52.0 Å². The molecule has 0 unspecified atom stereocenters. The fourth-order valence-corrected chi connectivity index (χ4v) is 3.91. The second kappa shape index (κ2) is 6.51. The molecular weight excluding hydrogens is 299 g/mol. The molecule has 5 heteroatoms. The molecule has 3 rings (SSSR count). The van der Waals surface area contributed by atoms with Gasteiger partial charge < -0.3 is 9.64 Å². The topological polar surface area (TPSA) is 42.4 Å². The first-order valence-corrected chi connectivity index (χ1v) is 9.12. The van der Waals surface area contributed by atoms with Crippen molar-refractivity contribution in [1.29, 1.82) is 0 Å². The summed E-state index contributed by atoms with van der Waals surface area (Å²) in [6, 6.07) is 4.29. The summed E-state index contributed by atoms with van der Waals surface area (Å²) in [6.45, 7) is 10.1. The van der Waals surface area contributed by atoms with E-state index in [0.717, 1.165) is 50.6 Å². The zero-order valence-electron chi connectivity index (χ0n) is 15.5. The Morgan fingerprint density at radius 2 is 2.04 bits per heavy atom. The Labute approximate surface area is 146 Å². The van der Waals surface area contributed by atoms with Crippen LogP contribution in [0.3, 0.4) is 0 Å². The fourth-order valence-electron chi connectivity index (χ4n) is 3.91. The third kappa shape index (κ3) is 3.82. The molecule has 4 nitrogen and oxygen atoms in total. The van der Waals surface area contributed by atoms with Crippen molar-refractivity contribution < 1.29 is 9.53 Å². The highest BCUT2D eigenvalue weighted by atomic mass is 16.5. The summed E-state index contributed by atoms with van der Waals surface area (Å²) < 4.78 is 5.88. The number of fused-ring (bicyclic) bond motifs is 2. The maximum atomic E-state index is 12.1. The first kappa shape index (κ1) is 17.5. The number of nitrogens with zero attached hydrogens (tertiary/aromatic N) is 2. The third-order valence-electron chi connectivity index (χ3n) is 5.30. The number of aromatic nitrogens is 1. The molecule has 0 saturated carbocycles. The van der Waals surface area contributed by atoms with Crippen molar-refractivity contribution in [2.24, 2.45) is 5.41 Å². The standard InChI is InChI=1S/C19H29BN2O2/c1-18(2,3)12-14(23)6-9-22-10-7-19(8-11-22)13-24-17-15(19)4-5-16(20)21-17/h4-5H,6-13,20H2,1-3H3. The monoisotopic (exact) mass is 328 g/mol. The smallest absolute Gasteiger partial charge is 0.216 e. The van der Waals surface area contributed by atoms with Crippen LogP contribution in [0.5, 0.6) is 5.88 Å². The average Bonchev–Trinajstić information content (AvgIpc) is 2.83. The molecule has 2 aliphatic heterocycles. The molecule has 0 atom stereocenters. The van der Waals surface area contributed by atoms with E-state index in [-0.39, 0.29) is 10.8 Å². The van der Waals surface area contributed by atoms with Crippen LogP contribution in [0.25, 0.3) is 0 Å². The number of Topliss-reactive ketones (excluding diaryl/α,β-unsaturated/α-hetero) is 1. The molecule has 24 heavy (non-hydrogen) atoms. The molecule has 0 N–H and O–H groups in total. The van der Waals surface area contributed by atoms with E-state index >= 15 is 0 Å². The van der Waals surface area contributed by atoms with Crippen LogP contribution in [0, 0.1) is 5.41 Å². The van der Waals surface area contributed by atoms with Crippen LogP contribution >= 0.6 is 0 Å². The quantitative estimate of drug-likeness (QED) is 0.785. The average molecular weight is 328 g/mol. The van der Waals surface area contributed by atoms with Crippen molar-refractivity contribution in [3.63, 3.8) is 0 Å². The molecule has 0 aliphatic carbocycles. The van der Waals surface area contributed by atoms with E-state index in [2.05, 4.69) is 42.8 Å². The van der Waals surface area contributed by atoms with E-state index in [1.54, 1.807) is 0 Å². The summed E-state index contributed by atoms with van der Waals surface area (Å²) >= 11 is 0. The lowest BCUT2D eigenvalue weighted by atomic mass is 9.74. The molecule has 1 saturated heterocycles. The van der Waals surface area contributed by atoms with E-state index in [9.17, 15) is 4.79 Å². The summed E-state index contributed by atoms with van der Waals surface area (Å²) in [4.78, 5) is 19.1. The SMILES string of the molecule is Bc1ccc2c(n1)OCC21CCN(CCC(=O)CC(C)(C)C)CC1. The van der Waals surface area contributed by atoms with Crippen molar-refractivity contribution in [1.82, 2.24) is 9.88 Å². The van der Waals surface area contributed by atoms with Crippen LogP contribution in [0.2, 0.25) is 0 Å². The highest BCUT2D eigenvalue weighted by molar-refractivity contribution is 6.30. The zero-order valence-corrected chi connectivity index (χ0v) is 15.5. The number of carbonyl (C=O) groups excluding carboxylic acids is 1. The number of likely N-dealkylation sites (tertiary alicyclic amines) is 1. The number of hydrogen-bond acceptors (Lipinski definition) is 4. The Balaban J connectivity index is 1.53. The van der Waals surface area contributed by atoms with Crippen molar-refractivity contribution in [3.05, 3.63) is 17.7 Å². The minimum absolute atomic E-state index is 0.0963. The fraction of sp³-hybridized carbons (Fsp3) is 0.684.